The number of ketones is 2. The predicted molar refractivity (Wildman–Crippen MR) is 98.4 cm³/mol. The Bertz CT molecular complexity index is 815. The van der Waals surface area contributed by atoms with Crippen LogP contribution < -0.4 is 4.74 Å². The minimum absolute atomic E-state index is 0.103. The van der Waals surface area contributed by atoms with Crippen LogP contribution >= 0.6 is 0 Å². The van der Waals surface area contributed by atoms with Gasteiger partial charge in [0.05, 0.1) is 7.11 Å². The Hall–Kier alpha value is -2.62. The van der Waals surface area contributed by atoms with Crippen LogP contribution in [0.15, 0.2) is 53.0 Å². The molecule has 1 aromatic carbocycles. The van der Waals surface area contributed by atoms with E-state index in [1.165, 1.54) is 0 Å². The van der Waals surface area contributed by atoms with Gasteiger partial charge < -0.3 is 9.47 Å². The molecular weight excluding hydrogens is 328 g/mol. The first kappa shape index (κ1) is 16.8. The molecule has 26 heavy (non-hydrogen) atoms. The van der Waals surface area contributed by atoms with Gasteiger partial charge in [-0.1, -0.05) is 30.4 Å². The van der Waals surface area contributed by atoms with Gasteiger partial charge in [-0.25, -0.2) is 0 Å². The summed E-state index contributed by atoms with van der Waals surface area (Å²) in [5, 5.41) is 0. The fourth-order valence-corrected chi connectivity index (χ4v) is 4.06. The molecule has 1 aliphatic heterocycles. The zero-order valence-electron chi connectivity index (χ0n) is 14.9. The molecule has 1 aromatic rings. The summed E-state index contributed by atoms with van der Waals surface area (Å²) in [6.45, 7) is 0. The monoisotopic (exact) mass is 350 g/mol. The standard InChI is InChI=1S/C22H22O4/c1-25-18-9-3-2-6-14(18)12-13-15-21-16(23)7-4-10-19(21)26-20-11-5-8-17(24)22(15)20/h2-3,6,9,12-13,15H,4-5,7-8,10-11H2,1H3. The average molecular weight is 350 g/mol. The van der Waals surface area contributed by atoms with Crippen molar-refractivity contribution in [2.24, 2.45) is 5.92 Å². The zero-order valence-corrected chi connectivity index (χ0v) is 14.9. The lowest BCUT2D eigenvalue weighted by atomic mass is 9.76. The topological polar surface area (TPSA) is 52.6 Å². The van der Waals surface area contributed by atoms with Crippen molar-refractivity contribution in [3.05, 3.63) is 58.6 Å². The maximum Gasteiger partial charge on any atom is 0.163 e. The molecular formula is C22H22O4. The smallest absolute Gasteiger partial charge is 0.163 e. The Kier molecular flexibility index (Phi) is 4.49. The Morgan fingerprint density at radius 2 is 1.58 bits per heavy atom. The molecule has 4 heteroatoms. The maximum absolute atomic E-state index is 12.6. The van der Waals surface area contributed by atoms with Crippen LogP contribution in [-0.2, 0) is 14.3 Å². The molecule has 0 amide bonds. The molecule has 3 aliphatic rings. The van der Waals surface area contributed by atoms with Gasteiger partial charge >= 0.3 is 0 Å². The molecule has 0 bridgehead atoms. The number of Topliss-reactive ketones (excluding diaryl/α,β-unsaturated/α-hetero) is 2. The molecule has 0 N–H and O–H groups in total. The molecule has 0 saturated carbocycles. The molecule has 0 aromatic heterocycles. The average Bonchev–Trinajstić information content (AvgIpc) is 2.66. The van der Waals surface area contributed by atoms with Gasteiger partial charge in [0, 0.05) is 48.3 Å². The summed E-state index contributed by atoms with van der Waals surface area (Å²) in [5.74, 6) is 2.20. The number of methoxy groups -OCH3 is 1. The van der Waals surface area contributed by atoms with Crippen LogP contribution in [0.4, 0.5) is 0 Å². The molecule has 0 fully saturated rings. The summed E-state index contributed by atoms with van der Waals surface area (Å²) < 4.78 is 11.4. The first-order chi connectivity index (χ1) is 12.7. The minimum atomic E-state index is -0.306. The Balaban J connectivity index is 1.78. The molecule has 4 nitrogen and oxygen atoms in total. The van der Waals surface area contributed by atoms with Gasteiger partial charge in [0.1, 0.15) is 17.3 Å². The maximum atomic E-state index is 12.6. The number of hydrogen-bond acceptors (Lipinski definition) is 4. The van der Waals surface area contributed by atoms with Crippen molar-refractivity contribution in [3.63, 3.8) is 0 Å². The summed E-state index contributed by atoms with van der Waals surface area (Å²) in [7, 11) is 1.64. The van der Waals surface area contributed by atoms with E-state index in [2.05, 4.69) is 0 Å². The van der Waals surface area contributed by atoms with Crippen LogP contribution in [-0.4, -0.2) is 18.7 Å². The SMILES string of the molecule is COc1ccccc1C=CC1C2=C(CCCC2=O)OC2=C1C(=O)CCC2. The van der Waals surface area contributed by atoms with Crippen molar-refractivity contribution in [1.29, 1.82) is 0 Å². The lowest BCUT2D eigenvalue weighted by Crippen LogP contribution is -2.30. The van der Waals surface area contributed by atoms with E-state index in [-0.39, 0.29) is 17.5 Å². The van der Waals surface area contributed by atoms with Gasteiger partial charge in [-0.3, -0.25) is 9.59 Å². The van der Waals surface area contributed by atoms with Crippen LogP contribution in [0.25, 0.3) is 6.08 Å². The predicted octanol–water partition coefficient (Wildman–Crippen LogP) is 4.37. The van der Waals surface area contributed by atoms with Crippen molar-refractivity contribution < 1.29 is 19.1 Å². The van der Waals surface area contributed by atoms with E-state index in [1.807, 2.05) is 36.4 Å². The van der Waals surface area contributed by atoms with Gasteiger partial charge in [0.25, 0.3) is 0 Å². The van der Waals surface area contributed by atoms with E-state index in [0.717, 1.165) is 48.5 Å². The zero-order chi connectivity index (χ0) is 18.1. The third kappa shape index (κ3) is 2.90. The fourth-order valence-electron chi connectivity index (χ4n) is 4.06. The third-order valence-corrected chi connectivity index (χ3v) is 5.29. The van der Waals surface area contributed by atoms with E-state index < -0.39 is 0 Å². The third-order valence-electron chi connectivity index (χ3n) is 5.29. The summed E-state index contributed by atoms with van der Waals surface area (Å²) in [5.41, 5.74) is 2.28. The summed E-state index contributed by atoms with van der Waals surface area (Å²) in [4.78, 5) is 25.2. The molecule has 0 atom stereocenters. The molecule has 2 aliphatic carbocycles. The van der Waals surface area contributed by atoms with Gasteiger partial charge in [-0.15, -0.1) is 0 Å². The van der Waals surface area contributed by atoms with Crippen LogP contribution in [0.2, 0.25) is 0 Å². The highest BCUT2D eigenvalue weighted by Crippen LogP contribution is 2.43. The number of rotatable bonds is 3. The quantitative estimate of drug-likeness (QED) is 0.812. The van der Waals surface area contributed by atoms with Crippen LogP contribution in [0, 0.1) is 5.92 Å². The first-order valence-electron chi connectivity index (χ1n) is 9.20. The van der Waals surface area contributed by atoms with Gasteiger partial charge in [0.15, 0.2) is 11.6 Å². The Labute approximate surface area is 153 Å². The van der Waals surface area contributed by atoms with Crippen molar-refractivity contribution in [2.75, 3.05) is 7.11 Å². The lowest BCUT2D eigenvalue weighted by molar-refractivity contribution is -0.117. The second-order valence-electron chi connectivity index (χ2n) is 6.91. The molecule has 0 unspecified atom stereocenters. The van der Waals surface area contributed by atoms with Crippen molar-refractivity contribution in [1.82, 2.24) is 0 Å². The normalized spacial score (nSPS) is 21.0. The number of carbonyl (C=O) groups is 2. The highest BCUT2D eigenvalue weighted by Gasteiger charge is 2.39. The van der Waals surface area contributed by atoms with E-state index in [4.69, 9.17) is 9.47 Å². The largest absolute Gasteiger partial charge is 0.496 e. The highest BCUT2D eigenvalue weighted by atomic mass is 16.5. The molecule has 0 spiro atoms. The molecule has 0 saturated heterocycles. The summed E-state index contributed by atoms with van der Waals surface area (Å²) in [6, 6.07) is 7.72. The number of hydrogen-bond donors (Lipinski definition) is 0. The minimum Gasteiger partial charge on any atom is -0.496 e. The van der Waals surface area contributed by atoms with Crippen molar-refractivity contribution in [3.8, 4) is 5.75 Å². The Morgan fingerprint density at radius 3 is 2.19 bits per heavy atom. The summed E-state index contributed by atoms with van der Waals surface area (Å²) >= 11 is 0. The number of carbonyl (C=O) groups excluding carboxylic acids is 2. The van der Waals surface area contributed by atoms with Crippen molar-refractivity contribution in [2.45, 2.75) is 38.5 Å². The number of para-hydroxylation sites is 1. The molecule has 0 radical (unpaired) electrons. The van der Waals surface area contributed by atoms with Crippen LogP contribution in [0.3, 0.4) is 0 Å². The fraction of sp³-hybridized carbons (Fsp3) is 0.364. The van der Waals surface area contributed by atoms with E-state index in [1.54, 1.807) is 7.11 Å². The first-order valence-corrected chi connectivity index (χ1v) is 9.20. The number of benzene rings is 1. The lowest BCUT2D eigenvalue weighted by Gasteiger charge is -2.34. The van der Waals surface area contributed by atoms with E-state index in [9.17, 15) is 9.59 Å². The number of ether oxygens (including phenoxy) is 2. The molecule has 1 heterocycles. The van der Waals surface area contributed by atoms with E-state index >= 15 is 0 Å². The van der Waals surface area contributed by atoms with Gasteiger partial charge in [-0.05, 0) is 18.9 Å². The number of allylic oxidation sites excluding steroid dienone is 5. The second kappa shape index (κ2) is 6.94. The van der Waals surface area contributed by atoms with Crippen LogP contribution in [0.1, 0.15) is 44.1 Å². The summed E-state index contributed by atoms with van der Waals surface area (Å²) in [6.07, 6.45) is 8.14. The van der Waals surface area contributed by atoms with Gasteiger partial charge in [-0.2, -0.15) is 0 Å². The Morgan fingerprint density at radius 1 is 0.962 bits per heavy atom. The molecule has 4 rings (SSSR count). The second-order valence-corrected chi connectivity index (χ2v) is 6.91. The van der Waals surface area contributed by atoms with E-state index in [0.29, 0.717) is 24.0 Å². The molecule has 134 valence electrons. The van der Waals surface area contributed by atoms with Crippen molar-refractivity contribution >= 4 is 17.6 Å². The van der Waals surface area contributed by atoms with Crippen LogP contribution in [0.5, 0.6) is 5.75 Å². The van der Waals surface area contributed by atoms with Gasteiger partial charge in [0.2, 0.25) is 0 Å². The highest BCUT2D eigenvalue weighted by molar-refractivity contribution is 6.04.